The Labute approximate surface area is 311 Å². The number of hydrogen-bond acceptors (Lipinski definition) is 11. The molecule has 2 aromatic rings. The third kappa shape index (κ3) is 26.1. The molecule has 3 N–H and O–H groups in total. The summed E-state index contributed by atoms with van der Waals surface area (Å²) >= 11 is 3.15. The molecule has 0 atom stereocenters. The van der Waals surface area contributed by atoms with E-state index in [-0.39, 0.29) is 129 Å². The zero-order chi connectivity index (χ0) is 26.9. The van der Waals surface area contributed by atoms with Gasteiger partial charge in [-0.1, -0.05) is 15.9 Å². The summed E-state index contributed by atoms with van der Waals surface area (Å²) in [7, 11) is 2.66. The van der Waals surface area contributed by atoms with Gasteiger partial charge in [-0.05, 0) is 55.0 Å². The average Bonchev–Trinajstić information content (AvgIpc) is 2.90. The molecule has 0 aromatic heterocycles. The number of carbonyl (C=O) groups excluding carboxylic acids is 3. The average molecular weight is 642 g/mol. The SMILES string of the molecule is COC(=O)c1ccc(O)cc1.COC(=O)c1ccc(OCCCO)cc1.O=CO[O-].OCCCBr.[H-].[K+].[K+]. The predicted molar refractivity (Wildman–Crippen MR) is 128 cm³/mol. The van der Waals surface area contributed by atoms with E-state index < -0.39 is 5.97 Å². The van der Waals surface area contributed by atoms with E-state index in [2.05, 4.69) is 30.3 Å². The monoisotopic (exact) mass is 640 g/mol. The first-order valence-electron chi connectivity index (χ1n) is 10.0. The zero-order valence-electron chi connectivity index (χ0n) is 22.4. The van der Waals surface area contributed by atoms with E-state index >= 15 is 0 Å². The molecule has 0 bridgehead atoms. The van der Waals surface area contributed by atoms with Crippen molar-refractivity contribution < 1.29 is 158 Å². The van der Waals surface area contributed by atoms with Crippen LogP contribution in [0.5, 0.6) is 11.5 Å². The van der Waals surface area contributed by atoms with Gasteiger partial charge in [0.25, 0.3) is 6.47 Å². The Kier molecular flexibility index (Phi) is 38.5. The number of hydrogen-bond donors (Lipinski definition) is 3. The number of rotatable bonds is 9. The van der Waals surface area contributed by atoms with Crippen LogP contribution in [0, 0.1) is 0 Å². The Morgan fingerprint density at radius 1 is 0.892 bits per heavy atom. The summed E-state index contributed by atoms with van der Waals surface area (Å²) in [6.07, 6.45) is 1.46. The van der Waals surface area contributed by atoms with Gasteiger partial charge in [-0.15, -0.1) is 0 Å². The molecule has 0 saturated heterocycles. The summed E-state index contributed by atoms with van der Waals surface area (Å²) in [4.78, 5) is 33.2. The smallest absolute Gasteiger partial charge is 1.00 e. The molecule has 0 radical (unpaired) electrons. The van der Waals surface area contributed by atoms with E-state index in [0.717, 1.165) is 11.8 Å². The molecule has 14 heteroatoms. The Bertz CT molecular complexity index is 812. The molecule has 2 rings (SSSR count). The summed E-state index contributed by atoms with van der Waals surface area (Å²) in [5.74, 6) is 0.0515. The van der Waals surface area contributed by atoms with Crippen LogP contribution in [0.15, 0.2) is 48.5 Å². The van der Waals surface area contributed by atoms with Crippen molar-refractivity contribution in [3.8, 4) is 11.5 Å². The van der Waals surface area contributed by atoms with Crippen molar-refractivity contribution in [2.24, 2.45) is 0 Å². The van der Waals surface area contributed by atoms with Crippen LogP contribution in [0.1, 0.15) is 35.0 Å². The van der Waals surface area contributed by atoms with Gasteiger partial charge >= 0.3 is 115 Å². The number of aromatic hydroxyl groups is 1. The van der Waals surface area contributed by atoms with Gasteiger partial charge in [0.15, 0.2) is 0 Å². The molecular formula is C23H31BrK2O11. The van der Waals surface area contributed by atoms with E-state index in [1.54, 1.807) is 24.3 Å². The molecule has 0 aliphatic carbocycles. The fourth-order valence-electron chi connectivity index (χ4n) is 1.83. The first-order valence-corrected chi connectivity index (χ1v) is 11.2. The summed E-state index contributed by atoms with van der Waals surface area (Å²) < 4.78 is 14.3. The number of alkyl halides is 1. The fraction of sp³-hybridized carbons (Fsp3) is 0.348. The van der Waals surface area contributed by atoms with E-state index in [4.69, 9.17) is 30.1 Å². The van der Waals surface area contributed by atoms with Crippen molar-refractivity contribution in [2.45, 2.75) is 12.8 Å². The Morgan fingerprint density at radius 2 is 1.30 bits per heavy atom. The van der Waals surface area contributed by atoms with Crippen molar-refractivity contribution in [1.82, 2.24) is 0 Å². The standard InChI is InChI=1S/C11H14O4.C8H8O3.C3H7BrO.CH2O3.2K.H/c1-14-11(13)9-3-5-10(6-4-9)15-8-2-7-12;1-11-8(10)6-2-4-7(9)5-3-6;4-2-1-3-5;2-1-4-3;;;/h3-6,12H,2,7-8H2,1H3;2-5,9H,1H3;5H,1-3H2;1,3H;;;/q;;;;2*+1;-1/p-1. The van der Waals surface area contributed by atoms with Crippen LogP contribution < -0.4 is 113 Å². The molecule has 0 aliphatic rings. The minimum absolute atomic E-state index is 0. The van der Waals surface area contributed by atoms with E-state index in [0.29, 0.717) is 36.5 Å². The third-order valence-electron chi connectivity index (χ3n) is 3.47. The number of ether oxygens (including phenoxy) is 3. The molecule has 0 heterocycles. The van der Waals surface area contributed by atoms with E-state index in [9.17, 15) is 9.59 Å². The van der Waals surface area contributed by atoms with Crippen LogP contribution in [0.3, 0.4) is 0 Å². The second-order valence-corrected chi connectivity index (χ2v) is 6.73. The van der Waals surface area contributed by atoms with E-state index in [1.165, 1.54) is 38.5 Å². The number of phenols is 1. The molecule has 0 fully saturated rings. The van der Waals surface area contributed by atoms with Gasteiger partial charge in [0.05, 0.1) is 32.0 Å². The van der Waals surface area contributed by atoms with Crippen LogP contribution in [0.4, 0.5) is 0 Å². The normalized spacial score (nSPS) is 8.38. The van der Waals surface area contributed by atoms with Gasteiger partial charge in [-0.3, -0.25) is 4.79 Å². The maximum atomic E-state index is 11.1. The van der Waals surface area contributed by atoms with Crippen LogP contribution in [0.25, 0.3) is 0 Å². The van der Waals surface area contributed by atoms with Crippen LogP contribution in [0.2, 0.25) is 0 Å². The van der Waals surface area contributed by atoms with Crippen LogP contribution in [-0.2, 0) is 19.2 Å². The van der Waals surface area contributed by atoms with E-state index in [1.807, 2.05) is 0 Å². The number of methoxy groups -OCH3 is 2. The number of halogens is 1. The summed E-state index contributed by atoms with van der Waals surface area (Å²) in [6, 6.07) is 12.5. The largest absolute Gasteiger partial charge is 1.00 e. The number of phenolic OH excluding ortho intramolecular Hbond substituents is 1. The van der Waals surface area contributed by atoms with Gasteiger partial charge in [-0.25, -0.2) is 9.59 Å². The number of carbonyl (C=O) groups is 3. The maximum absolute atomic E-state index is 11.1. The summed E-state index contributed by atoms with van der Waals surface area (Å²) in [5, 5.41) is 34.8. The molecule has 0 saturated carbocycles. The number of aliphatic hydroxyl groups excluding tert-OH is 2. The van der Waals surface area contributed by atoms with Gasteiger partial charge in [-0.2, -0.15) is 0 Å². The number of esters is 2. The molecule has 37 heavy (non-hydrogen) atoms. The second kappa shape index (κ2) is 32.3. The minimum atomic E-state index is -0.398. The number of benzene rings is 2. The van der Waals surface area contributed by atoms with Crippen molar-refractivity contribution in [3.63, 3.8) is 0 Å². The molecule has 0 aliphatic heterocycles. The summed E-state index contributed by atoms with van der Waals surface area (Å²) in [6.45, 7) is 0.694. The Hall–Kier alpha value is 0.0827. The zero-order valence-corrected chi connectivity index (χ0v) is 29.3. The Morgan fingerprint density at radius 3 is 1.59 bits per heavy atom. The molecule has 11 nitrogen and oxygen atoms in total. The summed E-state index contributed by atoms with van der Waals surface area (Å²) in [5.41, 5.74) is 0.928. The van der Waals surface area contributed by atoms with Gasteiger partial charge in [0.2, 0.25) is 0 Å². The fourth-order valence-corrected chi connectivity index (χ4v) is 2.09. The van der Waals surface area contributed by atoms with Crippen LogP contribution in [-0.4, -0.2) is 73.1 Å². The third-order valence-corrected chi connectivity index (χ3v) is 4.03. The Balaban J connectivity index is -0.000000140. The molecule has 198 valence electrons. The molecule has 0 unspecified atom stereocenters. The van der Waals surface area contributed by atoms with Crippen molar-refractivity contribution in [2.75, 3.05) is 39.4 Å². The molecule has 2 aromatic carbocycles. The van der Waals surface area contributed by atoms with Crippen molar-refractivity contribution in [3.05, 3.63) is 59.7 Å². The van der Waals surface area contributed by atoms with Crippen molar-refractivity contribution in [1.29, 1.82) is 0 Å². The molecular weight excluding hydrogens is 610 g/mol. The second-order valence-electron chi connectivity index (χ2n) is 5.94. The van der Waals surface area contributed by atoms with Gasteiger partial charge in [0.1, 0.15) is 11.5 Å². The number of aliphatic hydroxyl groups is 2. The maximum Gasteiger partial charge on any atom is 1.00 e. The van der Waals surface area contributed by atoms with Gasteiger partial charge < -0.3 is 41.1 Å². The topological polar surface area (TPSA) is 172 Å². The first kappa shape index (κ1) is 44.1. The van der Waals surface area contributed by atoms with Crippen LogP contribution >= 0.6 is 15.9 Å². The minimum Gasteiger partial charge on any atom is -1.00 e. The molecule has 0 amide bonds. The first-order chi connectivity index (χ1) is 16.8. The van der Waals surface area contributed by atoms with Crippen molar-refractivity contribution >= 4 is 34.3 Å². The molecule has 0 spiro atoms. The predicted octanol–water partition coefficient (Wildman–Crippen LogP) is -4.27. The quantitative estimate of drug-likeness (QED) is 0.0461. The van der Waals surface area contributed by atoms with Gasteiger partial charge in [0, 0.05) is 25.0 Å².